The number of hydrogen-bond donors (Lipinski definition) is 1. The molecule has 1 aromatic carbocycles. The summed E-state index contributed by atoms with van der Waals surface area (Å²) >= 11 is 0. The van der Waals surface area contributed by atoms with Gasteiger partial charge in [0.05, 0.1) is 20.3 Å². The van der Waals surface area contributed by atoms with E-state index in [1.54, 1.807) is 14.2 Å². The van der Waals surface area contributed by atoms with E-state index in [9.17, 15) is 0 Å². The van der Waals surface area contributed by atoms with Crippen LogP contribution in [0.25, 0.3) is 0 Å². The average Bonchev–Trinajstić information content (AvgIpc) is 2.29. The summed E-state index contributed by atoms with van der Waals surface area (Å²) in [5, 5.41) is 0. The molecule has 1 atom stereocenters. The summed E-state index contributed by atoms with van der Waals surface area (Å²) < 4.78 is 16.5. The predicted octanol–water partition coefficient (Wildman–Crippen LogP) is 2.38. The van der Waals surface area contributed by atoms with Crippen LogP contribution in [0.1, 0.15) is 26.3 Å². The maximum Gasteiger partial charge on any atom is 0.203 e. The lowest BCUT2D eigenvalue weighted by molar-refractivity contribution is 0.223. The smallest absolute Gasteiger partial charge is 0.203 e. The molecule has 0 aromatic heterocycles. The molecule has 4 heteroatoms. The first-order chi connectivity index (χ1) is 8.49. The van der Waals surface area contributed by atoms with Gasteiger partial charge in [-0.05, 0) is 38.8 Å². The van der Waals surface area contributed by atoms with E-state index in [0.29, 0.717) is 11.5 Å². The Morgan fingerprint density at radius 2 is 1.72 bits per heavy atom. The molecular formula is C14H23NO3. The zero-order valence-electron chi connectivity index (χ0n) is 11.8. The van der Waals surface area contributed by atoms with E-state index < -0.39 is 0 Å². The molecule has 0 saturated heterocycles. The first-order valence-corrected chi connectivity index (χ1v) is 6.15. The van der Waals surface area contributed by atoms with Crippen LogP contribution in [0.15, 0.2) is 12.1 Å². The maximum atomic E-state index is 5.86. The third-order valence-electron chi connectivity index (χ3n) is 2.48. The highest BCUT2D eigenvalue weighted by Crippen LogP contribution is 2.40. The second kappa shape index (κ2) is 6.50. The Bertz CT molecular complexity index is 389. The summed E-state index contributed by atoms with van der Waals surface area (Å²) in [6.45, 7) is 5.93. The van der Waals surface area contributed by atoms with Crippen LogP contribution in [0.5, 0.6) is 17.2 Å². The van der Waals surface area contributed by atoms with E-state index in [2.05, 4.69) is 0 Å². The summed E-state index contributed by atoms with van der Waals surface area (Å²) in [6.07, 6.45) is 0.806. The van der Waals surface area contributed by atoms with Crippen molar-refractivity contribution in [2.45, 2.75) is 39.3 Å². The molecule has 4 nitrogen and oxygen atoms in total. The van der Waals surface area contributed by atoms with Gasteiger partial charge in [-0.2, -0.15) is 0 Å². The van der Waals surface area contributed by atoms with E-state index in [4.69, 9.17) is 19.9 Å². The lowest BCUT2D eigenvalue weighted by Crippen LogP contribution is -2.19. The Morgan fingerprint density at radius 1 is 1.06 bits per heavy atom. The molecule has 1 aromatic rings. The van der Waals surface area contributed by atoms with Gasteiger partial charge < -0.3 is 19.9 Å². The van der Waals surface area contributed by atoms with Crippen LogP contribution in [-0.2, 0) is 6.42 Å². The number of methoxy groups -OCH3 is 2. The van der Waals surface area contributed by atoms with Crippen LogP contribution in [0.2, 0.25) is 0 Å². The van der Waals surface area contributed by atoms with Gasteiger partial charge in [0.2, 0.25) is 5.75 Å². The molecule has 0 aliphatic heterocycles. The summed E-state index contributed by atoms with van der Waals surface area (Å²) in [5.74, 6) is 2.02. The quantitative estimate of drug-likeness (QED) is 0.845. The summed E-state index contributed by atoms with van der Waals surface area (Å²) in [4.78, 5) is 0. The zero-order chi connectivity index (χ0) is 13.7. The summed E-state index contributed by atoms with van der Waals surface area (Å²) in [7, 11) is 3.23. The van der Waals surface area contributed by atoms with E-state index in [0.717, 1.165) is 17.7 Å². The zero-order valence-corrected chi connectivity index (χ0v) is 11.8. The normalized spacial score (nSPS) is 12.4. The molecule has 0 aliphatic rings. The number of benzene rings is 1. The van der Waals surface area contributed by atoms with Crippen molar-refractivity contribution in [2.75, 3.05) is 14.2 Å². The highest BCUT2D eigenvalue weighted by atomic mass is 16.5. The van der Waals surface area contributed by atoms with Crippen molar-refractivity contribution in [1.82, 2.24) is 0 Å². The summed E-state index contributed by atoms with van der Waals surface area (Å²) in [6, 6.07) is 3.92. The molecule has 2 N–H and O–H groups in total. The molecule has 0 amide bonds. The number of rotatable bonds is 6. The van der Waals surface area contributed by atoms with Crippen LogP contribution in [0.3, 0.4) is 0 Å². The van der Waals surface area contributed by atoms with Gasteiger partial charge in [0.25, 0.3) is 0 Å². The van der Waals surface area contributed by atoms with Crippen molar-refractivity contribution in [3.63, 3.8) is 0 Å². The molecule has 0 spiro atoms. The number of nitrogens with two attached hydrogens (primary N) is 1. The second-order valence-electron chi connectivity index (χ2n) is 4.64. The van der Waals surface area contributed by atoms with E-state index in [1.807, 2.05) is 32.9 Å². The van der Waals surface area contributed by atoms with Gasteiger partial charge >= 0.3 is 0 Å². The van der Waals surface area contributed by atoms with Gasteiger partial charge in [-0.15, -0.1) is 0 Å². The molecule has 0 heterocycles. The minimum atomic E-state index is 0.0672. The Balaban J connectivity index is 3.24. The van der Waals surface area contributed by atoms with Gasteiger partial charge in [-0.3, -0.25) is 0 Å². The van der Waals surface area contributed by atoms with Gasteiger partial charge in [-0.1, -0.05) is 6.07 Å². The summed E-state index contributed by atoms with van der Waals surface area (Å²) in [5.41, 5.74) is 6.90. The molecule has 102 valence electrons. The monoisotopic (exact) mass is 253 g/mol. The Morgan fingerprint density at radius 3 is 2.17 bits per heavy atom. The van der Waals surface area contributed by atoms with Gasteiger partial charge in [-0.25, -0.2) is 0 Å². The fourth-order valence-corrected chi connectivity index (χ4v) is 1.81. The molecule has 0 aliphatic carbocycles. The highest BCUT2D eigenvalue weighted by Gasteiger charge is 2.18. The predicted molar refractivity (Wildman–Crippen MR) is 72.7 cm³/mol. The molecule has 0 saturated carbocycles. The Hall–Kier alpha value is -1.42. The van der Waals surface area contributed by atoms with Crippen molar-refractivity contribution in [3.05, 3.63) is 17.7 Å². The van der Waals surface area contributed by atoms with E-state index in [1.165, 1.54) is 0 Å². The van der Waals surface area contributed by atoms with Crippen LogP contribution >= 0.6 is 0 Å². The van der Waals surface area contributed by atoms with Crippen LogP contribution in [-0.4, -0.2) is 26.4 Å². The molecule has 0 bridgehead atoms. The second-order valence-corrected chi connectivity index (χ2v) is 4.64. The SMILES string of the molecule is COc1ccc(CC(C)N)c(OC(C)C)c1OC. The lowest BCUT2D eigenvalue weighted by Gasteiger charge is -2.20. The molecule has 0 fully saturated rings. The Kier molecular flexibility index (Phi) is 5.28. The van der Waals surface area contributed by atoms with Gasteiger partial charge in [0, 0.05) is 6.04 Å². The molecular weight excluding hydrogens is 230 g/mol. The van der Waals surface area contributed by atoms with Crippen molar-refractivity contribution < 1.29 is 14.2 Å². The van der Waals surface area contributed by atoms with Crippen LogP contribution in [0.4, 0.5) is 0 Å². The molecule has 18 heavy (non-hydrogen) atoms. The molecule has 0 radical (unpaired) electrons. The van der Waals surface area contributed by atoms with Crippen molar-refractivity contribution >= 4 is 0 Å². The average molecular weight is 253 g/mol. The largest absolute Gasteiger partial charge is 0.493 e. The van der Waals surface area contributed by atoms with Crippen molar-refractivity contribution in [3.8, 4) is 17.2 Å². The fourth-order valence-electron chi connectivity index (χ4n) is 1.81. The minimum absolute atomic E-state index is 0.0672. The van der Waals surface area contributed by atoms with Crippen LogP contribution in [0, 0.1) is 0 Å². The van der Waals surface area contributed by atoms with Crippen molar-refractivity contribution in [2.24, 2.45) is 5.73 Å². The minimum Gasteiger partial charge on any atom is -0.493 e. The van der Waals surface area contributed by atoms with Gasteiger partial charge in [0.1, 0.15) is 0 Å². The first kappa shape index (κ1) is 14.6. The fraction of sp³-hybridized carbons (Fsp3) is 0.571. The first-order valence-electron chi connectivity index (χ1n) is 6.15. The third-order valence-corrected chi connectivity index (χ3v) is 2.48. The maximum absolute atomic E-state index is 5.86. The topological polar surface area (TPSA) is 53.7 Å². The van der Waals surface area contributed by atoms with E-state index in [-0.39, 0.29) is 12.1 Å². The van der Waals surface area contributed by atoms with Crippen molar-refractivity contribution in [1.29, 1.82) is 0 Å². The number of ether oxygens (including phenoxy) is 3. The lowest BCUT2D eigenvalue weighted by atomic mass is 10.1. The molecule has 1 rings (SSSR count). The van der Waals surface area contributed by atoms with E-state index >= 15 is 0 Å². The van der Waals surface area contributed by atoms with Crippen LogP contribution < -0.4 is 19.9 Å². The third kappa shape index (κ3) is 3.53. The highest BCUT2D eigenvalue weighted by molar-refractivity contribution is 5.56. The standard InChI is InChI=1S/C14H23NO3/c1-9(2)18-13-11(8-10(3)15)6-7-12(16-4)14(13)17-5/h6-7,9-10H,8,15H2,1-5H3. The number of hydrogen-bond acceptors (Lipinski definition) is 4. The Labute approximate surface area is 109 Å². The van der Waals surface area contributed by atoms with Gasteiger partial charge in [0.15, 0.2) is 11.5 Å². The molecule has 1 unspecified atom stereocenters.